The van der Waals surface area contributed by atoms with Crippen LogP contribution in [-0.2, 0) is 23.0 Å². The number of halogens is 4. The number of morpholine rings is 1. The van der Waals surface area contributed by atoms with Crippen LogP contribution in [0, 0.1) is 12.7 Å². The van der Waals surface area contributed by atoms with Gasteiger partial charge >= 0.3 is 17.8 Å². The molecule has 254 valence electrons. The predicted octanol–water partition coefficient (Wildman–Crippen LogP) is 2.67. The fourth-order valence-electron chi connectivity index (χ4n) is 5.96. The summed E-state index contributed by atoms with van der Waals surface area (Å²) < 4.78 is 63.3. The number of amides is 1. The molecular formula is C32H27F4N7O6. The number of carbonyl (C=O) groups excluding carboxylic acids is 1. The van der Waals surface area contributed by atoms with Crippen LogP contribution < -0.4 is 21.5 Å². The van der Waals surface area contributed by atoms with Gasteiger partial charge < -0.3 is 20.1 Å². The zero-order chi connectivity index (χ0) is 35.2. The van der Waals surface area contributed by atoms with Crippen molar-refractivity contribution in [2.24, 2.45) is 7.05 Å². The van der Waals surface area contributed by atoms with Crippen molar-refractivity contribution in [3.8, 4) is 5.69 Å². The highest BCUT2D eigenvalue weighted by molar-refractivity contribution is 5.99. The van der Waals surface area contributed by atoms with Gasteiger partial charge in [-0.05, 0) is 42.3 Å². The topological polar surface area (TPSA) is 162 Å². The van der Waals surface area contributed by atoms with Gasteiger partial charge in [-0.3, -0.25) is 19.1 Å². The van der Waals surface area contributed by atoms with Crippen LogP contribution in [0.1, 0.15) is 21.5 Å². The number of pyridine rings is 1. The Balaban J connectivity index is 1.32. The van der Waals surface area contributed by atoms with Crippen LogP contribution in [-0.4, -0.2) is 79.1 Å². The second kappa shape index (κ2) is 12.7. The molecule has 0 saturated carbocycles. The summed E-state index contributed by atoms with van der Waals surface area (Å²) in [6.07, 6.45) is -0.890. The number of hydrogen-bond donors (Lipinski definition) is 2. The molecule has 0 bridgehead atoms. The number of carbonyl (C=O) groups is 2. The number of aromatic nitrogens is 5. The van der Waals surface area contributed by atoms with E-state index in [1.54, 1.807) is 12.1 Å². The summed E-state index contributed by atoms with van der Waals surface area (Å²) in [5, 5.41) is 12.7. The lowest BCUT2D eigenvalue weighted by molar-refractivity contribution is -0.167. The highest BCUT2D eigenvalue weighted by Crippen LogP contribution is 2.33. The predicted molar refractivity (Wildman–Crippen MR) is 167 cm³/mol. The first-order valence-electron chi connectivity index (χ1n) is 14.8. The Bertz CT molecular complexity index is 2230. The Morgan fingerprint density at radius 2 is 1.82 bits per heavy atom. The molecule has 13 nitrogen and oxygen atoms in total. The lowest BCUT2D eigenvalue weighted by Gasteiger charge is -2.38. The fraction of sp³-hybridized carbons (Fsp3) is 0.281. The van der Waals surface area contributed by atoms with E-state index in [2.05, 4.69) is 20.3 Å². The van der Waals surface area contributed by atoms with Gasteiger partial charge in [0.2, 0.25) is 0 Å². The molecule has 2 unspecified atom stereocenters. The number of aryl methyl sites for hydroxylation is 2. The Hall–Kier alpha value is -5.71. The summed E-state index contributed by atoms with van der Waals surface area (Å²) in [7, 11) is 1.43. The van der Waals surface area contributed by atoms with Crippen LogP contribution in [0.25, 0.3) is 27.8 Å². The van der Waals surface area contributed by atoms with E-state index < -0.39 is 59.4 Å². The number of aliphatic carboxylic acids is 1. The van der Waals surface area contributed by atoms with Crippen molar-refractivity contribution >= 4 is 39.6 Å². The summed E-state index contributed by atoms with van der Waals surface area (Å²) in [4.78, 5) is 65.8. The van der Waals surface area contributed by atoms with Gasteiger partial charge in [-0.2, -0.15) is 13.2 Å². The van der Waals surface area contributed by atoms with Crippen molar-refractivity contribution in [1.82, 2.24) is 29.4 Å². The highest BCUT2D eigenvalue weighted by atomic mass is 19.4. The molecule has 4 heterocycles. The van der Waals surface area contributed by atoms with Crippen LogP contribution in [0.15, 0.2) is 64.6 Å². The molecule has 6 rings (SSSR count). The van der Waals surface area contributed by atoms with Crippen molar-refractivity contribution in [2.75, 3.05) is 24.7 Å². The average Bonchev–Trinajstić information content (AvgIpc) is 3.07. The Kier molecular flexibility index (Phi) is 8.62. The molecule has 0 radical (unpaired) electrons. The monoisotopic (exact) mass is 681 g/mol. The first kappa shape index (κ1) is 33.2. The standard InChI is InChI=1S/C32H27F4N7O6/c1-16-12-18(42-10-11-49-15-23(42)32(34,35)36)14-20(33)24(16)28(44)40-21(30(46)47)13-17-5-6-22(25-19(17)4-3-7-37-25)43-29(45)26-27(39-9-8-38-26)41(2)31(43)48/h3-9,12,14,21,23H,10-11,13,15H2,1-2H3,(H,40,44)(H,46,47). The molecule has 1 aliphatic heterocycles. The zero-order valence-electron chi connectivity index (χ0n) is 25.9. The van der Waals surface area contributed by atoms with E-state index >= 15 is 4.39 Å². The first-order valence-corrected chi connectivity index (χ1v) is 14.8. The number of carboxylic acid groups (broad SMARTS) is 1. The Labute approximate surface area is 273 Å². The maximum atomic E-state index is 15.4. The molecule has 1 saturated heterocycles. The van der Waals surface area contributed by atoms with Gasteiger partial charge in [0.25, 0.3) is 11.5 Å². The van der Waals surface area contributed by atoms with E-state index in [-0.39, 0.29) is 53.2 Å². The van der Waals surface area contributed by atoms with Crippen LogP contribution in [0.3, 0.4) is 0 Å². The molecule has 2 N–H and O–H groups in total. The van der Waals surface area contributed by atoms with E-state index in [4.69, 9.17) is 4.74 Å². The van der Waals surface area contributed by atoms with E-state index in [9.17, 15) is 37.5 Å². The molecule has 17 heteroatoms. The van der Waals surface area contributed by atoms with Crippen LogP contribution in [0.5, 0.6) is 0 Å². The van der Waals surface area contributed by atoms with Crippen LogP contribution >= 0.6 is 0 Å². The normalized spacial score (nSPS) is 15.8. The Morgan fingerprint density at radius 3 is 2.53 bits per heavy atom. The number of alkyl halides is 3. The molecule has 3 aromatic heterocycles. The second-order valence-corrected chi connectivity index (χ2v) is 11.4. The van der Waals surface area contributed by atoms with Gasteiger partial charge in [0, 0.05) is 49.7 Å². The SMILES string of the molecule is Cc1cc(N2CCOCC2C(F)(F)F)cc(F)c1C(=O)NC(Cc1ccc(-n2c(=O)c3nccnc3n(C)c2=O)c2ncccc12)C(=O)O. The number of anilines is 1. The molecule has 0 aliphatic carbocycles. The van der Waals surface area contributed by atoms with E-state index in [1.165, 1.54) is 50.8 Å². The molecule has 2 aromatic carbocycles. The third kappa shape index (κ3) is 6.08. The molecular weight excluding hydrogens is 654 g/mol. The summed E-state index contributed by atoms with van der Waals surface area (Å²) in [6.45, 7) is 0.534. The number of fused-ring (bicyclic) bond motifs is 2. The summed E-state index contributed by atoms with van der Waals surface area (Å²) in [5.41, 5.74) is -1.44. The summed E-state index contributed by atoms with van der Waals surface area (Å²) >= 11 is 0. The molecule has 1 fully saturated rings. The third-order valence-corrected chi connectivity index (χ3v) is 8.32. The Morgan fingerprint density at radius 1 is 1.08 bits per heavy atom. The summed E-state index contributed by atoms with van der Waals surface area (Å²) in [5.74, 6) is -3.67. The fourth-order valence-corrected chi connectivity index (χ4v) is 5.96. The second-order valence-electron chi connectivity index (χ2n) is 11.4. The lowest BCUT2D eigenvalue weighted by Crippen LogP contribution is -2.53. The zero-order valence-corrected chi connectivity index (χ0v) is 25.9. The van der Waals surface area contributed by atoms with E-state index in [0.717, 1.165) is 20.1 Å². The smallest absolute Gasteiger partial charge is 0.411 e. The minimum Gasteiger partial charge on any atom is -0.480 e. The number of hydrogen-bond acceptors (Lipinski definition) is 9. The van der Waals surface area contributed by atoms with Crippen molar-refractivity contribution in [3.05, 3.63) is 98.3 Å². The molecule has 49 heavy (non-hydrogen) atoms. The van der Waals surface area contributed by atoms with E-state index in [1.807, 2.05) is 0 Å². The van der Waals surface area contributed by atoms with Gasteiger partial charge in [-0.1, -0.05) is 12.1 Å². The largest absolute Gasteiger partial charge is 0.480 e. The van der Waals surface area contributed by atoms with Crippen molar-refractivity contribution in [2.45, 2.75) is 31.6 Å². The van der Waals surface area contributed by atoms with Crippen LogP contribution in [0.4, 0.5) is 23.2 Å². The van der Waals surface area contributed by atoms with Crippen molar-refractivity contribution in [1.29, 1.82) is 0 Å². The molecule has 1 aliphatic rings. The van der Waals surface area contributed by atoms with Crippen molar-refractivity contribution in [3.63, 3.8) is 0 Å². The minimum atomic E-state index is -4.65. The number of rotatable bonds is 7. The molecule has 0 spiro atoms. The van der Waals surface area contributed by atoms with Gasteiger partial charge in [0.15, 0.2) is 11.2 Å². The number of nitrogens with zero attached hydrogens (tertiary/aromatic N) is 6. The van der Waals surface area contributed by atoms with Gasteiger partial charge in [-0.15, -0.1) is 0 Å². The quantitative estimate of drug-likeness (QED) is 0.245. The lowest BCUT2D eigenvalue weighted by atomic mass is 9.99. The van der Waals surface area contributed by atoms with Crippen LogP contribution in [0.2, 0.25) is 0 Å². The number of carboxylic acids is 1. The van der Waals surface area contributed by atoms with E-state index in [0.29, 0.717) is 10.9 Å². The maximum Gasteiger partial charge on any atom is 0.411 e. The van der Waals surface area contributed by atoms with Gasteiger partial charge in [-0.25, -0.2) is 28.5 Å². The van der Waals surface area contributed by atoms with Gasteiger partial charge in [0.1, 0.15) is 17.9 Å². The number of ether oxygens (including phenoxy) is 1. The number of nitrogens with one attached hydrogen (secondary N) is 1. The third-order valence-electron chi connectivity index (χ3n) is 8.32. The van der Waals surface area contributed by atoms with Crippen molar-refractivity contribution < 1.29 is 37.0 Å². The molecule has 1 amide bonds. The average molecular weight is 682 g/mol. The molecule has 5 aromatic rings. The minimum absolute atomic E-state index is 0.00449. The molecule has 2 atom stereocenters. The maximum absolute atomic E-state index is 15.4. The number of benzene rings is 2. The summed E-state index contributed by atoms with van der Waals surface area (Å²) in [6, 6.07) is 4.50. The van der Waals surface area contributed by atoms with Gasteiger partial charge in [0.05, 0.1) is 30.0 Å². The highest BCUT2D eigenvalue weighted by Gasteiger charge is 2.45. The first-order chi connectivity index (χ1) is 23.3.